The van der Waals surface area contributed by atoms with Gasteiger partial charge in [-0.25, -0.2) is 0 Å². The Labute approximate surface area is 36.1 Å². The van der Waals surface area contributed by atoms with Crippen molar-refractivity contribution in [1.29, 1.82) is 0 Å². The molecule has 6 heavy (non-hydrogen) atoms. The van der Waals surface area contributed by atoms with Gasteiger partial charge in [0.1, 0.15) is 0 Å². The van der Waals surface area contributed by atoms with E-state index in [1.54, 1.807) is 0 Å². The van der Waals surface area contributed by atoms with Crippen LogP contribution in [0.15, 0.2) is 0 Å². The molecule has 0 aliphatic carbocycles. The Morgan fingerprint density at radius 2 is 2.50 bits per heavy atom. The van der Waals surface area contributed by atoms with E-state index in [0.29, 0.717) is 0 Å². The van der Waals surface area contributed by atoms with Gasteiger partial charge in [-0.05, 0) is 0 Å². The van der Waals surface area contributed by atoms with Gasteiger partial charge in [-0.15, -0.1) is 0 Å². The fraction of sp³-hybridized carbons (Fsp3) is 0.333. The lowest BCUT2D eigenvalue weighted by molar-refractivity contribution is -0.118. The Bertz CT molecular complexity index is 52.8. The van der Waals surface area contributed by atoms with Gasteiger partial charge in [-0.1, -0.05) is 0 Å². The third-order valence-corrected chi connectivity index (χ3v) is 0.225. The van der Waals surface area contributed by atoms with Crippen molar-refractivity contribution in [2.45, 2.75) is 0 Å². The minimum Gasteiger partial charge on any atom is -0.368 e. The molecule has 0 aliphatic rings. The van der Waals surface area contributed by atoms with E-state index in [9.17, 15) is 4.79 Å². The van der Waals surface area contributed by atoms with E-state index in [4.69, 9.17) is 5.73 Å². The molecule has 3 heteroatoms. The highest BCUT2D eigenvalue weighted by molar-refractivity contribution is 5.80. The normalized spacial score (nSPS) is 8.17. The minimum atomic E-state index is -0.808. The van der Waals surface area contributed by atoms with Gasteiger partial charge in [0, 0.05) is 7.11 Å². The predicted octanol–water partition coefficient (Wildman–Crippen LogP) is -0.396. The maximum absolute atomic E-state index is 9.53. The smallest absolute Gasteiger partial charge is 0.270 e. The SMILES string of the molecule is CO[CH]C([NH])=O. The number of methoxy groups -OCH3 is 1. The molecule has 2 radical (unpaired) electrons. The average Bonchev–Trinajstić information content (AvgIpc) is 1.35. The van der Waals surface area contributed by atoms with Crippen LogP contribution < -0.4 is 5.73 Å². The second-order valence-corrected chi connectivity index (χ2v) is 0.718. The molecule has 0 fully saturated rings. The van der Waals surface area contributed by atoms with E-state index in [1.165, 1.54) is 7.11 Å². The van der Waals surface area contributed by atoms with Crippen LogP contribution in [0.1, 0.15) is 0 Å². The van der Waals surface area contributed by atoms with Crippen LogP contribution in [0.25, 0.3) is 0 Å². The highest BCUT2D eigenvalue weighted by Gasteiger charge is 1.87. The average molecular weight is 87.1 g/mol. The summed E-state index contributed by atoms with van der Waals surface area (Å²) in [5, 5.41) is 0. The van der Waals surface area contributed by atoms with Gasteiger partial charge in [-0.3, -0.25) is 10.5 Å². The van der Waals surface area contributed by atoms with E-state index in [0.717, 1.165) is 6.61 Å². The number of carbonyl (C=O) groups excluding carboxylic acids is 1. The van der Waals surface area contributed by atoms with Crippen molar-refractivity contribution in [1.82, 2.24) is 5.73 Å². The Morgan fingerprint density at radius 1 is 2.00 bits per heavy atom. The van der Waals surface area contributed by atoms with Gasteiger partial charge in [0.25, 0.3) is 5.91 Å². The lowest BCUT2D eigenvalue weighted by Gasteiger charge is -1.82. The third-order valence-electron chi connectivity index (χ3n) is 0.225. The fourth-order valence-corrected chi connectivity index (χ4v) is 0.107. The first-order valence-corrected chi connectivity index (χ1v) is 1.39. The molecule has 0 saturated heterocycles. The molecule has 34 valence electrons. The summed E-state index contributed by atoms with van der Waals surface area (Å²) in [5.74, 6) is -0.808. The zero-order valence-corrected chi connectivity index (χ0v) is 3.39. The Kier molecular flexibility index (Phi) is 2.40. The third kappa shape index (κ3) is 3.43. The second-order valence-electron chi connectivity index (χ2n) is 0.718. The van der Waals surface area contributed by atoms with Crippen molar-refractivity contribution < 1.29 is 9.53 Å². The van der Waals surface area contributed by atoms with Crippen LogP contribution in [0.2, 0.25) is 0 Å². The zero-order chi connectivity index (χ0) is 4.99. The predicted molar refractivity (Wildman–Crippen MR) is 19.4 cm³/mol. The first-order valence-electron chi connectivity index (χ1n) is 1.39. The molecule has 0 bridgehead atoms. The van der Waals surface area contributed by atoms with Gasteiger partial charge in [-0.2, -0.15) is 0 Å². The molecule has 0 heterocycles. The lowest BCUT2D eigenvalue weighted by Crippen LogP contribution is -1.98. The second kappa shape index (κ2) is 2.66. The quantitative estimate of drug-likeness (QED) is 0.460. The molecule has 0 rings (SSSR count). The summed E-state index contributed by atoms with van der Waals surface area (Å²) in [6.45, 7) is 0.819. The van der Waals surface area contributed by atoms with Gasteiger partial charge >= 0.3 is 0 Å². The van der Waals surface area contributed by atoms with E-state index < -0.39 is 5.91 Å². The number of carbonyl (C=O) groups is 1. The molecule has 0 aromatic rings. The molecular weight excluding hydrogens is 82.0 g/mol. The van der Waals surface area contributed by atoms with Crippen LogP contribution in [0.5, 0.6) is 0 Å². The van der Waals surface area contributed by atoms with Crippen molar-refractivity contribution in [3.05, 3.63) is 6.61 Å². The van der Waals surface area contributed by atoms with Crippen molar-refractivity contribution in [3.8, 4) is 0 Å². The van der Waals surface area contributed by atoms with E-state index in [2.05, 4.69) is 4.74 Å². The van der Waals surface area contributed by atoms with Gasteiger partial charge in [0.05, 0.1) is 0 Å². The van der Waals surface area contributed by atoms with Crippen molar-refractivity contribution in [3.63, 3.8) is 0 Å². The van der Waals surface area contributed by atoms with Crippen molar-refractivity contribution in [2.24, 2.45) is 0 Å². The summed E-state index contributed by atoms with van der Waals surface area (Å²) in [4.78, 5) is 9.53. The lowest BCUT2D eigenvalue weighted by atomic mass is 10.7. The van der Waals surface area contributed by atoms with Crippen LogP contribution in [-0.4, -0.2) is 13.0 Å². The Balaban J connectivity index is 2.83. The molecule has 0 atom stereocenters. The van der Waals surface area contributed by atoms with E-state index >= 15 is 0 Å². The highest BCUT2D eigenvalue weighted by Crippen LogP contribution is 1.70. The van der Waals surface area contributed by atoms with Gasteiger partial charge in [0.15, 0.2) is 6.61 Å². The Hall–Kier alpha value is -0.570. The van der Waals surface area contributed by atoms with E-state index in [1.807, 2.05) is 0 Å². The summed E-state index contributed by atoms with van der Waals surface area (Å²) < 4.78 is 4.14. The van der Waals surface area contributed by atoms with Gasteiger partial charge in [0.2, 0.25) is 0 Å². The largest absolute Gasteiger partial charge is 0.368 e. The van der Waals surface area contributed by atoms with Crippen LogP contribution >= 0.6 is 0 Å². The van der Waals surface area contributed by atoms with E-state index in [-0.39, 0.29) is 0 Å². The minimum absolute atomic E-state index is 0.808. The summed E-state index contributed by atoms with van der Waals surface area (Å²) in [7, 11) is 1.33. The van der Waals surface area contributed by atoms with Crippen LogP contribution in [0, 0.1) is 6.61 Å². The Morgan fingerprint density at radius 3 is 2.50 bits per heavy atom. The maximum Gasteiger partial charge on any atom is 0.270 e. The first-order chi connectivity index (χ1) is 2.77. The summed E-state index contributed by atoms with van der Waals surface area (Å²) >= 11 is 0. The number of hydrogen-bond acceptors (Lipinski definition) is 2. The monoisotopic (exact) mass is 87.0 g/mol. The van der Waals surface area contributed by atoms with Gasteiger partial charge < -0.3 is 4.74 Å². The topological polar surface area (TPSA) is 50.1 Å². The van der Waals surface area contributed by atoms with Crippen LogP contribution in [-0.2, 0) is 9.53 Å². The molecule has 0 spiro atoms. The highest BCUT2D eigenvalue weighted by atomic mass is 16.5. The van der Waals surface area contributed by atoms with Crippen molar-refractivity contribution in [2.75, 3.05) is 7.11 Å². The molecule has 1 amide bonds. The summed E-state index contributed by atoms with van der Waals surface area (Å²) in [6, 6.07) is 0. The van der Waals surface area contributed by atoms with Crippen LogP contribution in [0.3, 0.4) is 0 Å². The molecule has 0 saturated carbocycles. The zero-order valence-electron chi connectivity index (χ0n) is 3.39. The summed E-state index contributed by atoms with van der Waals surface area (Å²) in [6.07, 6.45) is 0. The number of rotatable bonds is 2. The number of nitrogens with one attached hydrogen (secondary N) is 1. The molecule has 0 aliphatic heterocycles. The molecule has 0 aromatic heterocycles. The molecule has 3 nitrogen and oxygen atoms in total. The molecular formula is C3H5NO2. The van der Waals surface area contributed by atoms with Crippen LogP contribution in [0.4, 0.5) is 0 Å². The standard InChI is InChI=1S/C3H5NO2/c1-6-2-3(4)5/h2,4H,1H3. The first kappa shape index (κ1) is 5.43. The number of amides is 1. The number of ether oxygens (including phenoxy) is 1. The van der Waals surface area contributed by atoms with Crippen molar-refractivity contribution >= 4 is 5.91 Å². The number of hydrogen-bond donors (Lipinski definition) is 0. The summed E-state index contributed by atoms with van der Waals surface area (Å²) in [5.41, 5.74) is 6.16. The fourth-order valence-electron chi connectivity index (χ4n) is 0.107. The molecule has 0 aromatic carbocycles. The maximum atomic E-state index is 9.53. The molecule has 0 unspecified atom stereocenters. The molecule has 1 N–H and O–H groups in total.